The Balaban J connectivity index is 2.53. The summed E-state index contributed by atoms with van der Waals surface area (Å²) < 4.78 is 49.9. The van der Waals surface area contributed by atoms with Crippen LogP contribution in [0.5, 0.6) is 0 Å². The lowest BCUT2D eigenvalue weighted by Gasteiger charge is -2.20. The number of phosphoric acid groups is 1. The monoisotopic (exact) mass is 276 g/mol. The Labute approximate surface area is 96.2 Å². The highest BCUT2D eigenvalue weighted by molar-refractivity contribution is 8.20. The highest BCUT2D eigenvalue weighted by Gasteiger charge is 2.39. The zero-order valence-electron chi connectivity index (χ0n) is 9.20. The summed E-state index contributed by atoms with van der Waals surface area (Å²) in [7, 11) is -6.67. The molecular weight excluding hydrogens is 259 g/mol. The second-order valence-electron chi connectivity index (χ2n) is 3.07. The van der Waals surface area contributed by atoms with Crippen molar-refractivity contribution in [1.29, 1.82) is 0 Å². The van der Waals surface area contributed by atoms with Crippen molar-refractivity contribution in [3.05, 3.63) is 0 Å². The van der Waals surface area contributed by atoms with Crippen LogP contribution in [0.2, 0.25) is 0 Å². The normalized spacial score (nSPS) is 26.9. The van der Waals surface area contributed by atoms with Crippen LogP contribution in [0.1, 0.15) is 13.8 Å². The molecule has 0 amide bonds. The molecule has 1 atom stereocenters. The summed E-state index contributed by atoms with van der Waals surface area (Å²) in [5.41, 5.74) is 0. The van der Waals surface area contributed by atoms with Crippen molar-refractivity contribution in [3.8, 4) is 0 Å². The molecule has 7 nitrogen and oxygen atoms in total. The van der Waals surface area contributed by atoms with E-state index in [4.69, 9.17) is 17.8 Å². The van der Waals surface area contributed by atoms with Crippen molar-refractivity contribution in [1.82, 2.24) is 0 Å². The van der Waals surface area contributed by atoms with Gasteiger partial charge in [-0.15, -0.1) is 0 Å². The summed E-state index contributed by atoms with van der Waals surface area (Å²) in [5.74, 6) is -0.114. The number of phosphoric ester groups is 1. The first-order chi connectivity index (χ1) is 7.41. The number of hydrogen-bond acceptors (Lipinski definition) is 7. The van der Waals surface area contributed by atoms with Crippen molar-refractivity contribution < 1.29 is 31.4 Å². The van der Waals surface area contributed by atoms with Gasteiger partial charge in [0, 0.05) is 0 Å². The van der Waals surface area contributed by atoms with Crippen LogP contribution in [0.25, 0.3) is 0 Å². The average Bonchev–Trinajstić information content (AvgIpc) is 2.45. The summed E-state index contributed by atoms with van der Waals surface area (Å²) in [6.45, 7) is 3.65. The molecule has 1 unspecified atom stereocenters. The van der Waals surface area contributed by atoms with Crippen molar-refractivity contribution in [2.45, 2.75) is 20.0 Å². The highest BCUT2D eigenvalue weighted by Crippen LogP contribution is 2.54. The first kappa shape index (κ1) is 14.4. The van der Waals surface area contributed by atoms with Gasteiger partial charge in [0.15, 0.2) is 0 Å². The van der Waals surface area contributed by atoms with E-state index in [0.29, 0.717) is 0 Å². The van der Waals surface area contributed by atoms with Crippen LogP contribution in [0.15, 0.2) is 0 Å². The SMILES string of the molecule is CCOP(=O)(OCC)OC1COS(O)(O)C1. The van der Waals surface area contributed by atoms with E-state index in [1.165, 1.54) is 0 Å². The summed E-state index contributed by atoms with van der Waals surface area (Å²) in [6, 6.07) is 0. The topological polar surface area (TPSA) is 94.5 Å². The Morgan fingerprint density at radius 3 is 2.31 bits per heavy atom. The highest BCUT2D eigenvalue weighted by atomic mass is 32.3. The quantitative estimate of drug-likeness (QED) is 0.718. The van der Waals surface area contributed by atoms with Gasteiger partial charge in [0.25, 0.3) is 0 Å². The van der Waals surface area contributed by atoms with Gasteiger partial charge in [-0.2, -0.15) is 0 Å². The third kappa shape index (κ3) is 4.31. The minimum absolute atomic E-state index is 0.0352. The Morgan fingerprint density at radius 2 is 1.94 bits per heavy atom. The second kappa shape index (κ2) is 5.79. The van der Waals surface area contributed by atoms with E-state index in [1.54, 1.807) is 13.8 Å². The van der Waals surface area contributed by atoms with Crippen LogP contribution in [-0.4, -0.2) is 40.8 Å². The molecule has 1 heterocycles. The van der Waals surface area contributed by atoms with E-state index in [9.17, 15) is 13.7 Å². The molecule has 0 saturated carbocycles. The predicted octanol–water partition coefficient (Wildman–Crippen LogP) is 2.25. The van der Waals surface area contributed by atoms with Gasteiger partial charge >= 0.3 is 7.82 Å². The third-order valence-electron chi connectivity index (χ3n) is 1.70. The number of rotatable bonds is 6. The Morgan fingerprint density at radius 1 is 1.38 bits per heavy atom. The maximum Gasteiger partial charge on any atom is 0.475 e. The van der Waals surface area contributed by atoms with Gasteiger partial charge in [-0.3, -0.25) is 17.8 Å². The van der Waals surface area contributed by atoms with Gasteiger partial charge in [0.2, 0.25) is 0 Å². The first-order valence-corrected chi connectivity index (χ1v) is 7.98. The minimum atomic E-state index is -3.61. The van der Waals surface area contributed by atoms with Crippen LogP contribution in [0, 0.1) is 0 Å². The van der Waals surface area contributed by atoms with E-state index in [0.717, 1.165) is 0 Å². The molecule has 0 spiro atoms. The Bertz CT molecular complexity index is 261. The Hall–Kier alpha value is 0.340. The lowest BCUT2D eigenvalue weighted by molar-refractivity contribution is 0.0808. The van der Waals surface area contributed by atoms with E-state index < -0.39 is 24.8 Å². The first-order valence-electron chi connectivity index (χ1n) is 4.88. The van der Waals surface area contributed by atoms with Gasteiger partial charge in [-0.25, -0.2) is 4.57 Å². The maximum atomic E-state index is 11.9. The molecule has 0 aromatic carbocycles. The second-order valence-corrected chi connectivity index (χ2v) is 6.47. The van der Waals surface area contributed by atoms with Crippen molar-refractivity contribution in [2.24, 2.45) is 0 Å². The zero-order chi connectivity index (χ0) is 12.2. The van der Waals surface area contributed by atoms with Crippen LogP contribution in [0.3, 0.4) is 0 Å². The van der Waals surface area contributed by atoms with E-state index >= 15 is 0 Å². The average molecular weight is 276 g/mol. The molecule has 2 N–H and O–H groups in total. The molecule has 0 aromatic heterocycles. The molecule has 0 aromatic rings. The van der Waals surface area contributed by atoms with Gasteiger partial charge in [-0.1, -0.05) is 0 Å². The molecule has 1 aliphatic heterocycles. The van der Waals surface area contributed by atoms with Crippen LogP contribution in [0.4, 0.5) is 0 Å². The summed E-state index contributed by atoms with van der Waals surface area (Å²) in [4.78, 5) is 0. The van der Waals surface area contributed by atoms with Gasteiger partial charge < -0.3 is 9.11 Å². The van der Waals surface area contributed by atoms with Crippen molar-refractivity contribution in [2.75, 3.05) is 25.6 Å². The summed E-state index contributed by atoms with van der Waals surface area (Å²) in [6.07, 6.45) is -0.686. The maximum absolute atomic E-state index is 11.9. The molecule has 9 heteroatoms. The van der Waals surface area contributed by atoms with Crippen molar-refractivity contribution >= 4 is 18.7 Å². The van der Waals surface area contributed by atoms with Crippen LogP contribution < -0.4 is 0 Å². The molecule has 1 rings (SSSR count). The number of hydrogen-bond donors (Lipinski definition) is 2. The molecule has 0 bridgehead atoms. The molecule has 16 heavy (non-hydrogen) atoms. The van der Waals surface area contributed by atoms with Gasteiger partial charge in [-0.05, 0) is 13.8 Å². The lowest BCUT2D eigenvalue weighted by atomic mass is 10.5. The molecule has 1 saturated heterocycles. The van der Waals surface area contributed by atoms with E-state index in [-0.39, 0.29) is 25.6 Å². The fourth-order valence-corrected chi connectivity index (χ4v) is 3.73. The molecule has 98 valence electrons. The smallest absolute Gasteiger partial charge is 0.308 e. The summed E-state index contributed by atoms with van der Waals surface area (Å²) >= 11 is 0. The van der Waals surface area contributed by atoms with Crippen molar-refractivity contribution in [3.63, 3.8) is 0 Å². The molecule has 0 aliphatic carbocycles. The largest absolute Gasteiger partial charge is 0.475 e. The summed E-state index contributed by atoms with van der Waals surface area (Å²) in [5, 5.41) is 0. The third-order valence-corrected chi connectivity index (χ3v) is 4.72. The predicted molar refractivity (Wildman–Crippen MR) is 59.4 cm³/mol. The lowest BCUT2D eigenvalue weighted by Crippen LogP contribution is -2.17. The van der Waals surface area contributed by atoms with Crippen LogP contribution >= 0.6 is 18.7 Å². The minimum Gasteiger partial charge on any atom is -0.308 e. The zero-order valence-corrected chi connectivity index (χ0v) is 10.9. The molecule has 1 fully saturated rings. The Kier molecular flexibility index (Phi) is 5.21. The fraction of sp³-hybridized carbons (Fsp3) is 1.00. The van der Waals surface area contributed by atoms with Gasteiger partial charge in [0.05, 0.1) is 36.4 Å². The van der Waals surface area contributed by atoms with Crippen LogP contribution in [-0.2, 0) is 22.3 Å². The molecule has 1 aliphatic rings. The fourth-order valence-electron chi connectivity index (χ4n) is 1.18. The van der Waals surface area contributed by atoms with Gasteiger partial charge in [0.1, 0.15) is 6.10 Å². The molecular formula is C7H17O7PS. The molecule has 0 radical (unpaired) electrons. The van der Waals surface area contributed by atoms with E-state index in [1.807, 2.05) is 0 Å². The standard InChI is InChI=1S/C7H17O7PS/c1-3-11-15(8,12-4-2)14-7-5-13-16(9,10)6-7/h7,9-10H,3-6H2,1-2H3. The van der Waals surface area contributed by atoms with E-state index in [2.05, 4.69) is 0 Å².